The van der Waals surface area contributed by atoms with Crippen LogP contribution in [0.2, 0.25) is 0 Å². The number of hydrogen-bond acceptors (Lipinski definition) is 6. The molecule has 1 fully saturated rings. The normalized spacial score (nSPS) is 18.1. The molecule has 1 N–H and O–H groups in total. The van der Waals surface area contributed by atoms with Crippen molar-refractivity contribution in [3.05, 3.63) is 90.8 Å². The summed E-state index contributed by atoms with van der Waals surface area (Å²) in [5.74, 6) is 0.227. The van der Waals surface area contributed by atoms with Gasteiger partial charge >= 0.3 is 0 Å². The van der Waals surface area contributed by atoms with Gasteiger partial charge in [0.1, 0.15) is 5.82 Å². The number of anilines is 3. The van der Waals surface area contributed by atoms with E-state index in [-0.39, 0.29) is 22.7 Å². The predicted octanol–water partition coefficient (Wildman–Crippen LogP) is 7.09. The van der Waals surface area contributed by atoms with E-state index in [0.717, 1.165) is 61.3 Å². The summed E-state index contributed by atoms with van der Waals surface area (Å²) in [6.07, 6.45) is 7.26. The van der Waals surface area contributed by atoms with Crippen molar-refractivity contribution in [2.75, 3.05) is 36.9 Å². The summed E-state index contributed by atoms with van der Waals surface area (Å²) in [4.78, 5) is 38.1. The van der Waals surface area contributed by atoms with Gasteiger partial charge in [-0.25, -0.2) is 9.37 Å². The third-order valence-electron chi connectivity index (χ3n) is 10.1. The number of carbonyl (C=O) groups is 1. The van der Waals surface area contributed by atoms with Crippen molar-refractivity contribution < 1.29 is 9.18 Å². The van der Waals surface area contributed by atoms with E-state index in [1.807, 2.05) is 19.1 Å². The maximum atomic E-state index is 15.4. The smallest absolute Gasteiger partial charge is 0.293 e. The maximum absolute atomic E-state index is 15.4. The largest absolute Gasteiger partial charge is 0.336 e. The summed E-state index contributed by atoms with van der Waals surface area (Å²) in [5, 5.41) is 3.22. The summed E-state index contributed by atoms with van der Waals surface area (Å²) in [6, 6.07) is 11.2. The van der Waals surface area contributed by atoms with Crippen LogP contribution in [0, 0.1) is 11.2 Å². The van der Waals surface area contributed by atoms with Crippen LogP contribution in [-0.4, -0.2) is 47.0 Å². The van der Waals surface area contributed by atoms with Crippen LogP contribution in [0.3, 0.4) is 0 Å². The number of halogens is 1. The molecule has 2 aromatic carbocycles. The Bertz CT molecular complexity index is 1890. The fourth-order valence-electron chi connectivity index (χ4n) is 7.59. The molecule has 0 bridgehead atoms. The molecule has 46 heavy (non-hydrogen) atoms. The number of hydrogen-bond donors (Lipinski definition) is 1. The molecule has 0 saturated carbocycles. The molecule has 4 heterocycles. The monoisotopic (exact) mass is 639 g/mol. The second kappa shape index (κ2) is 11.8. The minimum Gasteiger partial charge on any atom is -0.336 e. The van der Waals surface area contributed by atoms with Crippen LogP contribution >= 0.6 is 11.3 Å². The number of nitrogens with zero attached hydrogens (tertiary/aromatic N) is 4. The molecule has 2 aliphatic heterocycles. The Kier molecular flexibility index (Phi) is 7.88. The van der Waals surface area contributed by atoms with E-state index >= 15 is 4.39 Å². The quantitative estimate of drug-likeness (QED) is 0.244. The Morgan fingerprint density at radius 3 is 2.48 bits per heavy atom. The zero-order valence-electron chi connectivity index (χ0n) is 27.4. The first-order valence-electron chi connectivity index (χ1n) is 16.4. The molecular formula is C37H42FN5O2S. The number of fused-ring (bicyclic) bond motifs is 3. The summed E-state index contributed by atoms with van der Waals surface area (Å²) >= 11 is 1.62. The predicted molar refractivity (Wildman–Crippen MR) is 184 cm³/mol. The third-order valence-corrected chi connectivity index (χ3v) is 11.3. The van der Waals surface area contributed by atoms with Crippen molar-refractivity contribution in [3.8, 4) is 11.3 Å². The van der Waals surface area contributed by atoms with E-state index in [0.29, 0.717) is 35.8 Å². The van der Waals surface area contributed by atoms with Gasteiger partial charge in [-0.2, -0.15) is 0 Å². The van der Waals surface area contributed by atoms with Crippen LogP contribution in [0.15, 0.2) is 47.4 Å². The summed E-state index contributed by atoms with van der Waals surface area (Å²) in [5.41, 5.74) is 7.07. The number of likely N-dealkylation sites (tertiary alicyclic amines) is 1. The third kappa shape index (κ3) is 5.58. The van der Waals surface area contributed by atoms with Crippen LogP contribution in [0.5, 0.6) is 0 Å². The highest BCUT2D eigenvalue weighted by Crippen LogP contribution is 2.46. The molecule has 1 aliphatic carbocycles. The molecule has 1 saturated heterocycles. The van der Waals surface area contributed by atoms with Crippen LogP contribution < -0.4 is 15.8 Å². The van der Waals surface area contributed by atoms with Crippen molar-refractivity contribution >= 4 is 34.4 Å². The second-order valence-corrected chi connectivity index (χ2v) is 15.2. The lowest BCUT2D eigenvalue weighted by Gasteiger charge is -2.30. The molecule has 9 heteroatoms. The number of thiophene rings is 1. The zero-order valence-corrected chi connectivity index (χ0v) is 28.2. The Morgan fingerprint density at radius 1 is 1.02 bits per heavy atom. The van der Waals surface area contributed by atoms with Gasteiger partial charge in [-0.15, -0.1) is 11.3 Å². The first-order valence-corrected chi connectivity index (χ1v) is 17.2. The molecule has 240 valence electrons. The number of rotatable bonds is 6. The van der Waals surface area contributed by atoms with Gasteiger partial charge in [0.2, 0.25) is 0 Å². The number of piperidine rings is 1. The molecule has 0 atom stereocenters. The van der Waals surface area contributed by atoms with E-state index in [4.69, 9.17) is 4.98 Å². The molecule has 4 aromatic rings. The van der Waals surface area contributed by atoms with Crippen LogP contribution in [-0.2, 0) is 32.7 Å². The van der Waals surface area contributed by atoms with Crippen LogP contribution in [0.1, 0.15) is 76.3 Å². The van der Waals surface area contributed by atoms with E-state index in [9.17, 15) is 9.59 Å². The molecule has 0 spiro atoms. The van der Waals surface area contributed by atoms with Crippen LogP contribution in [0.4, 0.5) is 21.6 Å². The van der Waals surface area contributed by atoms with Crippen molar-refractivity contribution in [2.45, 2.75) is 65.2 Å². The first-order chi connectivity index (χ1) is 22.0. The Morgan fingerprint density at radius 2 is 1.76 bits per heavy atom. The van der Waals surface area contributed by atoms with Gasteiger partial charge in [0.25, 0.3) is 11.5 Å². The van der Waals surface area contributed by atoms with E-state index in [2.05, 4.69) is 43.2 Å². The molecule has 7 rings (SSSR count). The maximum Gasteiger partial charge on any atom is 0.293 e. The molecule has 1 amide bonds. The molecule has 0 unspecified atom stereocenters. The molecule has 7 nitrogen and oxygen atoms in total. The topological polar surface area (TPSA) is 70.5 Å². The highest BCUT2D eigenvalue weighted by atomic mass is 32.1. The number of aromatic nitrogens is 2. The van der Waals surface area contributed by atoms with E-state index in [1.54, 1.807) is 29.5 Å². The molecular weight excluding hydrogens is 598 g/mol. The summed E-state index contributed by atoms with van der Waals surface area (Å²) < 4.78 is 16.9. The van der Waals surface area contributed by atoms with E-state index < -0.39 is 5.82 Å². The average Bonchev–Trinajstić information content (AvgIpc) is 3.52. The van der Waals surface area contributed by atoms with Crippen molar-refractivity contribution in [2.24, 2.45) is 12.5 Å². The van der Waals surface area contributed by atoms with Gasteiger partial charge in [-0.1, -0.05) is 32.9 Å². The SMILES string of the molecule is CCc1c(-c2cn(C)c(=O)c(Nc3ccc(C4CCN(C)CC4)cc3)n2)cc(F)cc1N1CCc2c(sc3c2CC(C)(C)C3)C1=O. The minimum atomic E-state index is -0.439. The average molecular weight is 640 g/mol. The van der Waals surface area contributed by atoms with E-state index in [1.165, 1.54) is 38.3 Å². The van der Waals surface area contributed by atoms with Crippen LogP contribution in [0.25, 0.3) is 11.3 Å². The highest BCUT2D eigenvalue weighted by Gasteiger charge is 2.38. The number of carbonyl (C=O) groups excluding carboxylic acids is 1. The molecule has 0 radical (unpaired) electrons. The number of benzene rings is 2. The lowest BCUT2D eigenvalue weighted by molar-refractivity contribution is 0.0984. The lowest BCUT2D eigenvalue weighted by Crippen LogP contribution is -2.38. The first kappa shape index (κ1) is 30.8. The van der Waals surface area contributed by atoms with Crippen molar-refractivity contribution in [3.63, 3.8) is 0 Å². The van der Waals surface area contributed by atoms with Gasteiger partial charge in [0.05, 0.1) is 16.3 Å². The van der Waals surface area contributed by atoms with Gasteiger partial charge in [0, 0.05) is 35.9 Å². The lowest BCUT2D eigenvalue weighted by atomic mass is 9.89. The van der Waals surface area contributed by atoms with Gasteiger partial charge in [-0.3, -0.25) is 9.59 Å². The summed E-state index contributed by atoms with van der Waals surface area (Å²) in [7, 11) is 3.84. The minimum absolute atomic E-state index is 0.0517. The standard InChI is InChI=1S/C37H42FN5O2S/c1-6-26-28(17-24(38)18-31(26)43-16-13-27-29-19-37(2,3)20-32(29)46-33(27)35(43)44)30-21-42(5)36(45)34(40-30)39-25-9-7-22(8-10-25)23-11-14-41(4)15-12-23/h7-10,17-18,21,23H,6,11-16,19-20H2,1-5H3,(H,39,40). The Hall–Kier alpha value is -3.82. The number of aryl methyl sites for hydroxylation is 1. The Balaban J connectivity index is 1.20. The number of amides is 1. The fraction of sp³-hybridized carbons (Fsp3) is 0.432. The number of nitrogens with one attached hydrogen (secondary N) is 1. The van der Waals surface area contributed by atoms with Crippen molar-refractivity contribution in [1.82, 2.24) is 14.5 Å². The molecule has 3 aliphatic rings. The van der Waals surface area contributed by atoms with Gasteiger partial charge in [0.15, 0.2) is 5.82 Å². The molecule has 2 aromatic heterocycles. The van der Waals surface area contributed by atoms with Gasteiger partial charge in [-0.05, 0) is 117 Å². The van der Waals surface area contributed by atoms with Crippen molar-refractivity contribution in [1.29, 1.82) is 0 Å². The zero-order chi connectivity index (χ0) is 32.3. The second-order valence-electron chi connectivity index (χ2n) is 14.1. The van der Waals surface area contributed by atoms with Gasteiger partial charge < -0.3 is 19.7 Å². The Labute approximate surface area is 274 Å². The fourth-order valence-corrected chi connectivity index (χ4v) is 9.16. The summed E-state index contributed by atoms with van der Waals surface area (Å²) in [6.45, 7) is 9.28. The highest BCUT2D eigenvalue weighted by molar-refractivity contribution is 7.14.